The Labute approximate surface area is 132 Å². The topological polar surface area (TPSA) is 85.8 Å². The number of halogens is 2. The second-order valence-corrected chi connectivity index (χ2v) is 5.32. The Kier molecular flexibility index (Phi) is 5.55. The average Bonchev–Trinajstić information content (AvgIpc) is 2.88. The zero-order chi connectivity index (χ0) is 15.2. The first kappa shape index (κ1) is 15.8. The van der Waals surface area contributed by atoms with Crippen molar-refractivity contribution in [3.8, 4) is 0 Å². The summed E-state index contributed by atoms with van der Waals surface area (Å²) in [5, 5.41) is 11.5. The van der Waals surface area contributed by atoms with Gasteiger partial charge < -0.3 is 11.1 Å². The third kappa shape index (κ3) is 4.70. The minimum Gasteiger partial charge on any atom is -0.330 e. The second kappa shape index (κ2) is 7.40. The molecule has 21 heavy (non-hydrogen) atoms. The summed E-state index contributed by atoms with van der Waals surface area (Å²) in [6.45, 7) is 0.652. The molecule has 0 aliphatic heterocycles. The summed E-state index contributed by atoms with van der Waals surface area (Å²) >= 11 is 11.8. The summed E-state index contributed by atoms with van der Waals surface area (Å²) < 4.78 is 1.47. The van der Waals surface area contributed by atoms with Gasteiger partial charge in [-0.1, -0.05) is 28.4 Å². The Morgan fingerprint density at radius 1 is 1.38 bits per heavy atom. The lowest BCUT2D eigenvalue weighted by Crippen LogP contribution is -2.19. The Morgan fingerprint density at radius 3 is 2.95 bits per heavy atom. The molecule has 2 aromatic rings. The molecule has 6 nitrogen and oxygen atoms in total. The quantitative estimate of drug-likeness (QED) is 0.850. The lowest BCUT2D eigenvalue weighted by Gasteiger charge is -2.07. The fraction of sp³-hybridized carbons (Fsp3) is 0.308. The largest absolute Gasteiger partial charge is 0.330 e. The number of benzene rings is 1. The van der Waals surface area contributed by atoms with Crippen molar-refractivity contribution >= 4 is 34.8 Å². The summed E-state index contributed by atoms with van der Waals surface area (Å²) in [6, 6.07) is 4.87. The molecule has 8 heteroatoms. The fourth-order valence-corrected chi connectivity index (χ4v) is 2.08. The van der Waals surface area contributed by atoms with Crippen LogP contribution in [0.15, 0.2) is 24.4 Å². The van der Waals surface area contributed by atoms with Crippen LogP contribution < -0.4 is 11.1 Å². The molecule has 2 rings (SSSR count). The molecule has 0 fully saturated rings. The Hall–Kier alpha value is -1.63. The first-order valence-electron chi connectivity index (χ1n) is 6.42. The number of hydrogen-bond donors (Lipinski definition) is 2. The first-order valence-corrected chi connectivity index (χ1v) is 7.18. The third-order valence-corrected chi connectivity index (χ3v) is 3.30. The van der Waals surface area contributed by atoms with E-state index in [1.807, 2.05) is 0 Å². The van der Waals surface area contributed by atoms with Crippen molar-refractivity contribution in [3.63, 3.8) is 0 Å². The minimum atomic E-state index is -0.255. The number of anilines is 1. The van der Waals surface area contributed by atoms with Gasteiger partial charge >= 0.3 is 0 Å². The molecule has 0 saturated heterocycles. The molecule has 0 aliphatic rings. The van der Waals surface area contributed by atoms with Gasteiger partial charge in [-0.15, -0.1) is 5.10 Å². The summed E-state index contributed by atoms with van der Waals surface area (Å²) in [7, 11) is 0. The van der Waals surface area contributed by atoms with Crippen molar-refractivity contribution < 1.29 is 4.79 Å². The number of nitrogens with two attached hydrogens (primary N) is 1. The average molecular weight is 328 g/mol. The molecule has 3 N–H and O–H groups in total. The van der Waals surface area contributed by atoms with Crippen molar-refractivity contribution in [1.29, 1.82) is 0 Å². The van der Waals surface area contributed by atoms with Gasteiger partial charge in [0.2, 0.25) is 5.91 Å². The molecule has 0 saturated carbocycles. The van der Waals surface area contributed by atoms with E-state index in [4.69, 9.17) is 28.9 Å². The van der Waals surface area contributed by atoms with Crippen LogP contribution in [0.5, 0.6) is 0 Å². The maximum atomic E-state index is 11.9. The van der Waals surface area contributed by atoms with E-state index in [-0.39, 0.29) is 12.5 Å². The van der Waals surface area contributed by atoms with Crippen LogP contribution in [0.2, 0.25) is 10.0 Å². The SMILES string of the molecule is NCCCc1cn(CC(=O)Nc2cc(Cl)ccc2Cl)nn1. The van der Waals surface area contributed by atoms with Crippen LogP contribution >= 0.6 is 23.2 Å². The number of aromatic nitrogens is 3. The van der Waals surface area contributed by atoms with Crippen LogP contribution in [0.1, 0.15) is 12.1 Å². The van der Waals surface area contributed by atoms with E-state index in [0.717, 1.165) is 18.5 Å². The number of aryl methyl sites for hydroxylation is 1. The van der Waals surface area contributed by atoms with Crippen molar-refractivity contribution in [3.05, 3.63) is 40.1 Å². The Bertz CT molecular complexity index is 629. The predicted molar refractivity (Wildman–Crippen MR) is 82.5 cm³/mol. The van der Waals surface area contributed by atoms with E-state index in [0.29, 0.717) is 22.3 Å². The highest BCUT2D eigenvalue weighted by atomic mass is 35.5. The molecular weight excluding hydrogens is 313 g/mol. The lowest BCUT2D eigenvalue weighted by molar-refractivity contribution is -0.116. The highest BCUT2D eigenvalue weighted by Gasteiger charge is 2.09. The number of rotatable bonds is 6. The highest BCUT2D eigenvalue weighted by molar-refractivity contribution is 6.35. The van der Waals surface area contributed by atoms with E-state index >= 15 is 0 Å². The van der Waals surface area contributed by atoms with Crippen molar-refractivity contribution in [2.75, 3.05) is 11.9 Å². The number of nitrogens with one attached hydrogen (secondary N) is 1. The summed E-state index contributed by atoms with van der Waals surface area (Å²) in [4.78, 5) is 11.9. The molecule has 0 radical (unpaired) electrons. The summed E-state index contributed by atoms with van der Waals surface area (Å²) in [5.41, 5.74) is 6.72. The molecule has 0 bridgehead atoms. The van der Waals surface area contributed by atoms with Crippen molar-refractivity contribution in [2.45, 2.75) is 19.4 Å². The predicted octanol–water partition coefficient (Wildman–Crippen LogP) is 2.11. The van der Waals surface area contributed by atoms with E-state index in [1.54, 1.807) is 24.4 Å². The van der Waals surface area contributed by atoms with E-state index < -0.39 is 0 Å². The summed E-state index contributed by atoms with van der Waals surface area (Å²) in [6.07, 6.45) is 3.32. The van der Waals surface area contributed by atoms with Crippen LogP contribution in [0, 0.1) is 0 Å². The Morgan fingerprint density at radius 2 is 2.19 bits per heavy atom. The van der Waals surface area contributed by atoms with Crippen LogP contribution in [-0.2, 0) is 17.8 Å². The monoisotopic (exact) mass is 327 g/mol. The van der Waals surface area contributed by atoms with Gasteiger partial charge in [-0.25, -0.2) is 4.68 Å². The molecule has 112 valence electrons. The van der Waals surface area contributed by atoms with Gasteiger partial charge in [-0.2, -0.15) is 0 Å². The maximum Gasteiger partial charge on any atom is 0.246 e. The van der Waals surface area contributed by atoms with Gasteiger partial charge in [-0.05, 0) is 37.6 Å². The fourth-order valence-electron chi connectivity index (χ4n) is 1.74. The van der Waals surface area contributed by atoms with E-state index in [1.165, 1.54) is 4.68 Å². The van der Waals surface area contributed by atoms with E-state index in [2.05, 4.69) is 15.6 Å². The molecule has 1 amide bonds. The second-order valence-electron chi connectivity index (χ2n) is 4.47. The van der Waals surface area contributed by atoms with Gasteiger partial charge in [0.05, 0.1) is 16.4 Å². The van der Waals surface area contributed by atoms with Crippen LogP contribution in [0.3, 0.4) is 0 Å². The van der Waals surface area contributed by atoms with E-state index in [9.17, 15) is 4.79 Å². The number of nitrogens with zero attached hydrogens (tertiary/aromatic N) is 3. The molecule has 1 aromatic carbocycles. The van der Waals surface area contributed by atoms with Gasteiger partial charge in [0.25, 0.3) is 0 Å². The molecular formula is C13H15Cl2N5O. The Balaban J connectivity index is 1.95. The van der Waals surface area contributed by atoms with Gasteiger partial charge in [-0.3, -0.25) is 4.79 Å². The molecule has 0 aliphatic carbocycles. The smallest absolute Gasteiger partial charge is 0.246 e. The van der Waals surface area contributed by atoms with Crippen molar-refractivity contribution in [1.82, 2.24) is 15.0 Å². The van der Waals surface area contributed by atoms with Gasteiger partial charge in [0.15, 0.2) is 0 Å². The maximum absolute atomic E-state index is 11.9. The zero-order valence-electron chi connectivity index (χ0n) is 11.2. The lowest BCUT2D eigenvalue weighted by atomic mass is 10.2. The van der Waals surface area contributed by atoms with Gasteiger partial charge in [0.1, 0.15) is 6.54 Å². The zero-order valence-corrected chi connectivity index (χ0v) is 12.7. The third-order valence-electron chi connectivity index (χ3n) is 2.73. The van der Waals surface area contributed by atoms with Crippen molar-refractivity contribution in [2.24, 2.45) is 5.73 Å². The highest BCUT2D eigenvalue weighted by Crippen LogP contribution is 2.25. The normalized spacial score (nSPS) is 10.6. The summed E-state index contributed by atoms with van der Waals surface area (Å²) in [5.74, 6) is -0.255. The molecule has 1 aromatic heterocycles. The number of amides is 1. The van der Waals surface area contributed by atoms with Gasteiger partial charge in [0, 0.05) is 11.2 Å². The first-order chi connectivity index (χ1) is 10.1. The van der Waals surface area contributed by atoms with Crippen LogP contribution in [0.4, 0.5) is 5.69 Å². The minimum absolute atomic E-state index is 0.0540. The van der Waals surface area contributed by atoms with Crippen LogP contribution in [0.25, 0.3) is 0 Å². The standard InChI is InChI=1S/C13H15Cl2N5O/c14-9-3-4-11(15)12(6-9)17-13(21)8-20-7-10(18-19-20)2-1-5-16/h3-4,6-7H,1-2,5,8,16H2,(H,17,21). The molecule has 0 spiro atoms. The molecule has 0 atom stereocenters. The van der Waals surface area contributed by atoms with Crippen LogP contribution in [-0.4, -0.2) is 27.4 Å². The number of hydrogen-bond acceptors (Lipinski definition) is 4. The number of carbonyl (C=O) groups is 1. The number of carbonyl (C=O) groups excluding carboxylic acids is 1. The molecule has 0 unspecified atom stereocenters. The molecule has 1 heterocycles.